The fourth-order valence-corrected chi connectivity index (χ4v) is 9.22. The van der Waals surface area contributed by atoms with Gasteiger partial charge in [0.25, 0.3) is 0 Å². The Balaban J connectivity index is 1.27. The van der Waals surface area contributed by atoms with Gasteiger partial charge in [-0.2, -0.15) is 13.8 Å². The van der Waals surface area contributed by atoms with E-state index in [1.54, 1.807) is 0 Å². The average molecular weight is 522 g/mol. The summed E-state index contributed by atoms with van der Waals surface area (Å²) in [6.07, 6.45) is 4.98. The lowest BCUT2D eigenvalue weighted by Crippen LogP contribution is -2.55. The molecule has 0 amide bonds. The van der Waals surface area contributed by atoms with Crippen molar-refractivity contribution in [1.29, 1.82) is 0 Å². The van der Waals surface area contributed by atoms with E-state index in [0.717, 1.165) is 56.6 Å². The lowest BCUT2D eigenvalue weighted by atomic mass is 9.47. The highest BCUT2D eigenvalue weighted by Crippen LogP contribution is 2.68. The van der Waals surface area contributed by atoms with Crippen LogP contribution in [0.15, 0.2) is 23.5 Å². The van der Waals surface area contributed by atoms with E-state index in [1.807, 2.05) is 0 Å². The van der Waals surface area contributed by atoms with Gasteiger partial charge in [-0.15, -0.1) is 0 Å². The summed E-state index contributed by atoms with van der Waals surface area (Å²) in [6, 6.07) is 2.33. The summed E-state index contributed by atoms with van der Waals surface area (Å²) in [5, 5.41) is 31.4. The standard InChI is InChI=1S/C30H42F3NO3/c1-16(5-4-6-23(35)17-7-10-25(32)34-28(17)33)18-8-9-19-26-20(11-13-29(18,19)2)30(3)14-12-24(36)27(37)21(30)15-22(26)31/h7,10,16,18-21,23-24,27,35-37H,4-6,8-9,11-15H2,1-3H3/t16-,18-,19+,20+,21+,23?,24+,27-,29-,30-/m1/s1. The van der Waals surface area contributed by atoms with Crippen LogP contribution in [-0.2, 0) is 0 Å². The molecule has 0 aromatic carbocycles. The summed E-state index contributed by atoms with van der Waals surface area (Å²) in [6.45, 7) is 6.80. The fourth-order valence-electron chi connectivity index (χ4n) is 9.22. The summed E-state index contributed by atoms with van der Waals surface area (Å²) in [7, 11) is 0. The minimum Gasteiger partial charge on any atom is -0.390 e. The van der Waals surface area contributed by atoms with Crippen LogP contribution in [0, 0.1) is 52.3 Å². The van der Waals surface area contributed by atoms with Gasteiger partial charge >= 0.3 is 0 Å². The number of aromatic nitrogens is 1. The number of hydrogen-bond donors (Lipinski definition) is 3. The Morgan fingerprint density at radius 1 is 0.973 bits per heavy atom. The number of rotatable bonds is 6. The van der Waals surface area contributed by atoms with Crippen molar-refractivity contribution in [3.8, 4) is 0 Å². The highest BCUT2D eigenvalue weighted by atomic mass is 19.1. The normalized spacial score (nSPS) is 41.1. The lowest BCUT2D eigenvalue weighted by Gasteiger charge is -2.59. The third-order valence-corrected chi connectivity index (χ3v) is 11.3. The quantitative estimate of drug-likeness (QED) is 0.379. The van der Waals surface area contributed by atoms with Crippen molar-refractivity contribution < 1.29 is 28.5 Å². The number of hydrogen-bond acceptors (Lipinski definition) is 4. The molecule has 0 bridgehead atoms. The number of fused-ring (bicyclic) bond motifs is 5. The van der Waals surface area contributed by atoms with Crippen LogP contribution in [0.4, 0.5) is 13.2 Å². The van der Waals surface area contributed by atoms with Crippen molar-refractivity contribution in [1.82, 2.24) is 4.98 Å². The van der Waals surface area contributed by atoms with Crippen LogP contribution in [0.2, 0.25) is 0 Å². The topological polar surface area (TPSA) is 73.6 Å². The maximum Gasteiger partial charge on any atom is 0.221 e. The van der Waals surface area contributed by atoms with Gasteiger partial charge in [0, 0.05) is 12.0 Å². The summed E-state index contributed by atoms with van der Waals surface area (Å²) in [5.74, 6) is -0.933. The Morgan fingerprint density at radius 2 is 1.68 bits per heavy atom. The van der Waals surface area contributed by atoms with Gasteiger partial charge in [0.2, 0.25) is 11.9 Å². The Bertz CT molecular complexity index is 1050. The van der Waals surface area contributed by atoms with E-state index in [1.165, 1.54) is 6.07 Å². The maximum absolute atomic E-state index is 15.8. The van der Waals surface area contributed by atoms with Crippen molar-refractivity contribution in [2.45, 2.75) is 103 Å². The van der Waals surface area contributed by atoms with Gasteiger partial charge in [0.15, 0.2) is 0 Å². The zero-order valence-electron chi connectivity index (χ0n) is 22.3. The molecule has 3 saturated carbocycles. The predicted octanol–water partition coefficient (Wildman–Crippen LogP) is 6.41. The largest absolute Gasteiger partial charge is 0.390 e. The highest BCUT2D eigenvalue weighted by molar-refractivity contribution is 5.31. The molecule has 4 aliphatic rings. The van der Waals surface area contributed by atoms with Gasteiger partial charge in [0.05, 0.1) is 18.3 Å². The van der Waals surface area contributed by atoms with Crippen LogP contribution in [0.1, 0.15) is 96.6 Å². The zero-order chi connectivity index (χ0) is 26.7. The molecule has 1 unspecified atom stereocenters. The van der Waals surface area contributed by atoms with E-state index >= 15 is 4.39 Å². The number of halogens is 3. The molecule has 4 nitrogen and oxygen atoms in total. The molecular weight excluding hydrogens is 479 g/mol. The zero-order valence-corrected chi connectivity index (χ0v) is 22.3. The molecule has 206 valence electrons. The van der Waals surface area contributed by atoms with Crippen LogP contribution < -0.4 is 0 Å². The third kappa shape index (κ3) is 4.47. The molecule has 3 N–H and O–H groups in total. The van der Waals surface area contributed by atoms with Crippen molar-refractivity contribution in [3.63, 3.8) is 0 Å². The smallest absolute Gasteiger partial charge is 0.221 e. The molecule has 0 saturated heterocycles. The Hall–Kier alpha value is -1.44. The van der Waals surface area contributed by atoms with Gasteiger partial charge < -0.3 is 15.3 Å². The van der Waals surface area contributed by atoms with Crippen molar-refractivity contribution >= 4 is 0 Å². The molecule has 1 heterocycles. The molecule has 3 fully saturated rings. The number of aliphatic hydroxyl groups excluding tert-OH is 3. The first kappa shape index (κ1) is 27.1. The number of nitrogens with zero attached hydrogens (tertiary/aromatic N) is 1. The van der Waals surface area contributed by atoms with Crippen LogP contribution in [0.3, 0.4) is 0 Å². The minimum absolute atomic E-state index is 0.0180. The van der Waals surface area contributed by atoms with E-state index in [2.05, 4.69) is 25.8 Å². The number of pyridine rings is 1. The second kappa shape index (κ2) is 9.95. The van der Waals surface area contributed by atoms with Crippen molar-refractivity contribution in [2.75, 3.05) is 0 Å². The minimum atomic E-state index is -1.01. The van der Waals surface area contributed by atoms with Crippen LogP contribution in [0.25, 0.3) is 0 Å². The first-order chi connectivity index (χ1) is 17.5. The Morgan fingerprint density at radius 3 is 2.41 bits per heavy atom. The molecule has 37 heavy (non-hydrogen) atoms. The van der Waals surface area contributed by atoms with Crippen molar-refractivity contribution in [3.05, 3.63) is 41.0 Å². The molecule has 0 spiro atoms. The Labute approximate surface area is 218 Å². The molecule has 7 heteroatoms. The molecular formula is C30H42F3NO3. The molecule has 0 radical (unpaired) electrons. The summed E-state index contributed by atoms with van der Waals surface area (Å²) in [5.41, 5.74) is 0.895. The number of aliphatic hydroxyl groups is 3. The van der Waals surface area contributed by atoms with E-state index in [9.17, 15) is 24.1 Å². The van der Waals surface area contributed by atoms with Crippen LogP contribution in [-0.4, -0.2) is 32.5 Å². The van der Waals surface area contributed by atoms with Gasteiger partial charge in [-0.25, -0.2) is 4.39 Å². The fraction of sp³-hybridized carbons (Fsp3) is 0.767. The third-order valence-electron chi connectivity index (χ3n) is 11.3. The van der Waals surface area contributed by atoms with Crippen molar-refractivity contribution in [2.24, 2.45) is 40.4 Å². The molecule has 1 aromatic rings. The van der Waals surface area contributed by atoms with E-state index < -0.39 is 30.2 Å². The maximum atomic E-state index is 15.8. The Kier molecular flexibility index (Phi) is 7.29. The summed E-state index contributed by atoms with van der Waals surface area (Å²) >= 11 is 0. The molecule has 10 atom stereocenters. The highest BCUT2D eigenvalue weighted by Gasteiger charge is 2.61. The summed E-state index contributed by atoms with van der Waals surface area (Å²) < 4.78 is 42.8. The lowest BCUT2D eigenvalue weighted by molar-refractivity contribution is -0.128. The molecule has 1 aromatic heterocycles. The van der Waals surface area contributed by atoms with Gasteiger partial charge in [-0.05, 0) is 103 Å². The van der Waals surface area contributed by atoms with Crippen LogP contribution >= 0.6 is 0 Å². The van der Waals surface area contributed by atoms with E-state index in [4.69, 9.17) is 0 Å². The predicted molar refractivity (Wildman–Crippen MR) is 135 cm³/mol. The first-order valence-electron chi connectivity index (χ1n) is 14.2. The van der Waals surface area contributed by atoms with Gasteiger partial charge in [-0.3, -0.25) is 0 Å². The van der Waals surface area contributed by atoms with E-state index in [-0.39, 0.29) is 46.4 Å². The first-order valence-corrected chi connectivity index (χ1v) is 14.2. The molecule has 5 rings (SSSR count). The van der Waals surface area contributed by atoms with Gasteiger partial charge in [0.1, 0.15) is 5.83 Å². The molecule has 0 aliphatic heterocycles. The van der Waals surface area contributed by atoms with Crippen LogP contribution in [0.5, 0.6) is 0 Å². The second-order valence-corrected chi connectivity index (χ2v) is 13.0. The SMILES string of the molecule is C[C@H](CCCC(O)c1ccc(F)nc1F)[C@H]1CC[C@H]2C3=C(F)C[C@H]4[C@@H](O)[C@@H](O)CC[C@]4(C)[C@H]3CC[C@]12C. The summed E-state index contributed by atoms with van der Waals surface area (Å²) in [4.78, 5) is 3.18. The average Bonchev–Trinajstić information content (AvgIpc) is 3.20. The number of allylic oxidation sites excluding steroid dienone is 2. The monoisotopic (exact) mass is 521 g/mol. The van der Waals surface area contributed by atoms with Gasteiger partial charge in [-0.1, -0.05) is 33.6 Å². The van der Waals surface area contributed by atoms with E-state index in [0.29, 0.717) is 24.7 Å². The molecule has 4 aliphatic carbocycles. The second-order valence-electron chi connectivity index (χ2n) is 13.0.